The molecule has 1 rings (SSSR count). The average Bonchev–Trinajstić information content (AvgIpc) is 2.53. The van der Waals surface area contributed by atoms with Crippen LogP contribution in [0.4, 0.5) is 8.78 Å². The van der Waals surface area contributed by atoms with Crippen molar-refractivity contribution in [1.29, 1.82) is 0 Å². The second-order valence-corrected chi connectivity index (χ2v) is 5.68. The molecule has 0 spiro atoms. The highest BCUT2D eigenvalue weighted by Crippen LogP contribution is 2.13. The molecule has 0 aliphatic rings. The number of primary amides is 1. The molecule has 4 nitrogen and oxygen atoms in total. The van der Waals surface area contributed by atoms with Gasteiger partial charge in [0.2, 0.25) is 11.8 Å². The summed E-state index contributed by atoms with van der Waals surface area (Å²) in [7, 11) is 0. The molecular formula is C18H24F2N2O2. The second-order valence-electron chi connectivity index (χ2n) is 5.68. The van der Waals surface area contributed by atoms with Crippen LogP contribution < -0.4 is 11.1 Å². The summed E-state index contributed by atoms with van der Waals surface area (Å²) in [6.07, 6.45) is 6.43. The number of benzene rings is 1. The molecule has 0 unspecified atom stereocenters. The van der Waals surface area contributed by atoms with Crippen LogP contribution in [0.25, 0.3) is 0 Å². The minimum Gasteiger partial charge on any atom is -0.368 e. The van der Waals surface area contributed by atoms with Gasteiger partial charge in [-0.2, -0.15) is 0 Å². The Morgan fingerprint density at radius 3 is 2.38 bits per heavy atom. The van der Waals surface area contributed by atoms with Gasteiger partial charge in [-0.15, -0.1) is 6.58 Å². The van der Waals surface area contributed by atoms with Crippen molar-refractivity contribution in [3.63, 3.8) is 0 Å². The number of carbonyl (C=O) groups excluding carboxylic acids is 2. The van der Waals surface area contributed by atoms with Gasteiger partial charge in [-0.3, -0.25) is 9.59 Å². The third-order valence-electron chi connectivity index (χ3n) is 3.73. The molecule has 132 valence electrons. The van der Waals surface area contributed by atoms with Gasteiger partial charge in [0.25, 0.3) is 0 Å². The van der Waals surface area contributed by atoms with Crippen molar-refractivity contribution in [2.24, 2.45) is 5.73 Å². The molecule has 0 heterocycles. The topological polar surface area (TPSA) is 72.2 Å². The largest absolute Gasteiger partial charge is 0.368 e. The van der Waals surface area contributed by atoms with Crippen LogP contribution in [-0.4, -0.2) is 17.9 Å². The quantitative estimate of drug-likeness (QED) is 0.481. The lowest BCUT2D eigenvalue weighted by molar-refractivity contribution is -0.127. The maximum absolute atomic E-state index is 13.5. The van der Waals surface area contributed by atoms with Crippen molar-refractivity contribution in [1.82, 2.24) is 5.32 Å². The van der Waals surface area contributed by atoms with E-state index in [0.29, 0.717) is 6.42 Å². The summed E-state index contributed by atoms with van der Waals surface area (Å²) in [5, 5.41) is 2.46. The van der Waals surface area contributed by atoms with Crippen LogP contribution in [0.5, 0.6) is 0 Å². The van der Waals surface area contributed by atoms with E-state index in [9.17, 15) is 18.4 Å². The summed E-state index contributed by atoms with van der Waals surface area (Å²) < 4.78 is 27.1. The molecule has 6 heteroatoms. The Balaban J connectivity index is 2.48. The summed E-state index contributed by atoms with van der Waals surface area (Å²) in [6, 6.07) is 2.57. The monoisotopic (exact) mass is 338 g/mol. The normalized spacial score (nSPS) is 11.8. The molecule has 0 aliphatic carbocycles. The number of amides is 2. The Labute approximate surface area is 141 Å². The second kappa shape index (κ2) is 10.5. The number of hydrogen-bond acceptors (Lipinski definition) is 2. The zero-order valence-corrected chi connectivity index (χ0v) is 13.7. The van der Waals surface area contributed by atoms with Crippen LogP contribution in [0.15, 0.2) is 30.9 Å². The van der Waals surface area contributed by atoms with E-state index < -0.39 is 35.9 Å². The first-order chi connectivity index (χ1) is 11.5. The molecule has 0 saturated carbocycles. The van der Waals surface area contributed by atoms with E-state index in [2.05, 4.69) is 11.9 Å². The van der Waals surface area contributed by atoms with Crippen LogP contribution >= 0.6 is 0 Å². The minimum atomic E-state index is -0.827. The third-order valence-corrected chi connectivity index (χ3v) is 3.73. The van der Waals surface area contributed by atoms with Crippen molar-refractivity contribution in [2.75, 3.05) is 0 Å². The van der Waals surface area contributed by atoms with E-state index in [4.69, 9.17) is 5.73 Å². The van der Waals surface area contributed by atoms with Crippen LogP contribution in [0.1, 0.15) is 44.1 Å². The van der Waals surface area contributed by atoms with E-state index in [1.165, 1.54) is 6.07 Å². The fourth-order valence-electron chi connectivity index (χ4n) is 2.38. The van der Waals surface area contributed by atoms with Crippen LogP contribution in [0.2, 0.25) is 0 Å². The van der Waals surface area contributed by atoms with E-state index in [1.54, 1.807) is 0 Å². The van der Waals surface area contributed by atoms with Gasteiger partial charge in [-0.1, -0.05) is 31.4 Å². The molecule has 24 heavy (non-hydrogen) atoms. The Morgan fingerprint density at radius 2 is 1.79 bits per heavy atom. The van der Waals surface area contributed by atoms with E-state index in [1.807, 2.05) is 6.08 Å². The van der Waals surface area contributed by atoms with Crippen LogP contribution in [0, 0.1) is 11.6 Å². The fraction of sp³-hybridized carbons (Fsp3) is 0.444. The van der Waals surface area contributed by atoms with Crippen molar-refractivity contribution >= 4 is 11.8 Å². The molecule has 0 aromatic heterocycles. The number of rotatable bonds is 11. The number of halogens is 2. The lowest BCUT2D eigenvalue weighted by Crippen LogP contribution is -2.45. The van der Waals surface area contributed by atoms with Crippen molar-refractivity contribution < 1.29 is 18.4 Å². The van der Waals surface area contributed by atoms with Crippen molar-refractivity contribution in [3.8, 4) is 0 Å². The molecule has 0 aliphatic heterocycles. The highest BCUT2D eigenvalue weighted by Gasteiger charge is 2.19. The lowest BCUT2D eigenvalue weighted by atomic mass is 10.0. The van der Waals surface area contributed by atoms with Crippen molar-refractivity contribution in [2.45, 2.75) is 51.0 Å². The van der Waals surface area contributed by atoms with Gasteiger partial charge in [-0.05, 0) is 31.4 Å². The van der Waals surface area contributed by atoms with Gasteiger partial charge >= 0.3 is 0 Å². The summed E-state index contributed by atoms with van der Waals surface area (Å²) in [6.45, 7) is 3.65. The standard InChI is InChI=1S/C18H24F2N2O2/c1-2-3-4-5-6-7-11-16(18(21)24)22-17(23)12-13-14(19)9-8-10-15(13)20/h2,8-10,16H,1,3-7,11-12H2,(H2,21,24)(H,22,23)/t16-/m1/s1. The van der Waals surface area contributed by atoms with Crippen LogP contribution in [0.3, 0.4) is 0 Å². The van der Waals surface area contributed by atoms with Gasteiger partial charge in [-0.25, -0.2) is 8.78 Å². The van der Waals surface area contributed by atoms with Gasteiger partial charge in [0.15, 0.2) is 0 Å². The van der Waals surface area contributed by atoms with E-state index in [0.717, 1.165) is 44.2 Å². The highest BCUT2D eigenvalue weighted by atomic mass is 19.1. The SMILES string of the molecule is C=CCCCCCC[C@@H](NC(=O)Cc1c(F)cccc1F)C(N)=O. The Morgan fingerprint density at radius 1 is 1.17 bits per heavy atom. The minimum absolute atomic E-state index is 0.317. The van der Waals surface area contributed by atoms with E-state index in [-0.39, 0.29) is 5.56 Å². The van der Waals surface area contributed by atoms with Crippen molar-refractivity contribution in [3.05, 3.63) is 48.1 Å². The summed E-state index contributed by atoms with van der Waals surface area (Å²) in [5.74, 6) is -2.86. The summed E-state index contributed by atoms with van der Waals surface area (Å²) in [5.41, 5.74) is 4.97. The molecule has 3 N–H and O–H groups in total. The third kappa shape index (κ3) is 6.89. The highest BCUT2D eigenvalue weighted by molar-refractivity contribution is 5.87. The number of nitrogens with two attached hydrogens (primary N) is 1. The summed E-state index contributed by atoms with van der Waals surface area (Å²) in [4.78, 5) is 23.4. The Kier molecular flexibility index (Phi) is 8.68. The Hall–Kier alpha value is -2.24. The molecule has 1 atom stereocenters. The number of hydrogen-bond donors (Lipinski definition) is 2. The number of nitrogens with one attached hydrogen (secondary N) is 1. The first-order valence-electron chi connectivity index (χ1n) is 8.08. The zero-order valence-electron chi connectivity index (χ0n) is 13.7. The molecule has 1 aromatic rings. The molecular weight excluding hydrogens is 314 g/mol. The van der Waals surface area contributed by atoms with E-state index >= 15 is 0 Å². The molecule has 0 fully saturated rings. The first-order valence-corrected chi connectivity index (χ1v) is 8.08. The molecule has 2 amide bonds. The lowest BCUT2D eigenvalue weighted by Gasteiger charge is -2.15. The molecule has 0 saturated heterocycles. The maximum atomic E-state index is 13.5. The average molecular weight is 338 g/mol. The van der Waals surface area contributed by atoms with Gasteiger partial charge in [0.1, 0.15) is 17.7 Å². The maximum Gasteiger partial charge on any atom is 0.239 e. The molecule has 0 bridgehead atoms. The first kappa shape index (κ1) is 19.8. The van der Waals surface area contributed by atoms with Gasteiger partial charge < -0.3 is 11.1 Å². The Bertz CT molecular complexity index is 556. The van der Waals surface area contributed by atoms with Gasteiger partial charge in [0.05, 0.1) is 6.42 Å². The predicted octanol–water partition coefficient (Wildman–Crippen LogP) is 3.00. The summed E-state index contributed by atoms with van der Waals surface area (Å²) >= 11 is 0. The molecule has 0 radical (unpaired) electrons. The number of unbranched alkanes of at least 4 members (excludes halogenated alkanes) is 4. The smallest absolute Gasteiger partial charge is 0.239 e. The van der Waals surface area contributed by atoms with Gasteiger partial charge in [0, 0.05) is 5.56 Å². The fourth-order valence-corrected chi connectivity index (χ4v) is 2.38. The molecule has 1 aromatic carbocycles. The zero-order chi connectivity index (χ0) is 17.9. The number of allylic oxidation sites excluding steroid dienone is 1. The predicted molar refractivity (Wildman–Crippen MR) is 89.1 cm³/mol. The number of carbonyl (C=O) groups is 2. The van der Waals surface area contributed by atoms with Crippen LogP contribution in [-0.2, 0) is 16.0 Å².